The Labute approximate surface area is 485 Å². The van der Waals surface area contributed by atoms with Gasteiger partial charge in [0.1, 0.15) is 5.92 Å². The molecule has 2 aromatic heterocycles. The van der Waals surface area contributed by atoms with E-state index in [0.717, 1.165) is 38.9 Å². The highest BCUT2D eigenvalue weighted by atomic mass is 16.6. The van der Waals surface area contributed by atoms with Crippen LogP contribution in [0.2, 0.25) is 0 Å². The van der Waals surface area contributed by atoms with E-state index in [4.69, 9.17) is 21.3 Å². The lowest BCUT2D eigenvalue weighted by Crippen LogP contribution is -2.44. The van der Waals surface area contributed by atoms with Gasteiger partial charge in [-0.1, -0.05) is 117 Å². The van der Waals surface area contributed by atoms with E-state index in [-0.39, 0.29) is 81.5 Å². The van der Waals surface area contributed by atoms with Crippen LogP contribution in [-0.4, -0.2) is 126 Å². The third-order valence-corrected chi connectivity index (χ3v) is 16.1. The monoisotopic (exact) mass is 1140 g/mol. The normalized spacial score (nSPS) is 20.8. The molecule has 0 aliphatic carbocycles. The molecule has 0 saturated carbocycles. The summed E-state index contributed by atoms with van der Waals surface area (Å²) >= 11 is 0. The van der Waals surface area contributed by atoms with Crippen molar-refractivity contribution in [2.45, 2.75) is 189 Å². The molecule has 3 aliphatic heterocycles. The van der Waals surface area contributed by atoms with Crippen molar-refractivity contribution in [3.8, 4) is 0 Å². The second kappa shape index (κ2) is 35.5. The molecule has 3 saturated heterocycles. The van der Waals surface area contributed by atoms with Crippen LogP contribution < -0.4 is 11.5 Å². The van der Waals surface area contributed by atoms with Gasteiger partial charge in [-0.2, -0.15) is 0 Å². The van der Waals surface area contributed by atoms with Crippen LogP contribution in [0.3, 0.4) is 0 Å². The Bertz CT molecular complexity index is 2230. The minimum absolute atomic E-state index is 0. The van der Waals surface area contributed by atoms with Crippen LogP contribution in [0.4, 0.5) is 0 Å². The van der Waals surface area contributed by atoms with Crippen LogP contribution in [0, 0.1) is 75.9 Å². The number of aliphatic hydroxyl groups is 1. The molecular formula is C61H107N8O12+. The smallest absolute Gasteiger partial charge is 0.362 e. The molecular weight excluding hydrogens is 1040 g/mol. The minimum Gasteiger partial charge on any atom is -0.481 e. The standard InChI is InChI=1S/C38H60N4O8.C10H15O3.C6H11N3.C4H11N.C2H6O.CH4/c1-11-14-18-41-31(44)26(21-37(7,8)27(34(47)48)24(4)35(49)50-13-3)29(33(41)46)38(9,10)22-25-28(36(5,6)12-2)32(45)42(30(25)43)19-15-17-40-20-16-39-23-40;1-5-10(3,4)7-6(2)8(11)13-9(7)12;7-2-1-4-9-5-3-8-6-9;1-2-3-4-5;1-2-3;/h16,20,23-29H,11-15,17-19,21-22H2,1-10H3,(H,47,48);6-7H,2,5H2,1,3-4H3;3,5-6H,1-2,4,7H2;2-5H2,1H3;3H,2H2,1H3;1H4/q;+1;;;;. The van der Waals surface area contributed by atoms with Crippen LogP contribution in [-0.2, 0) is 60.9 Å². The third kappa shape index (κ3) is 21.3. The zero-order valence-corrected chi connectivity index (χ0v) is 51.3. The minimum atomic E-state index is -1.18. The molecule has 81 heavy (non-hydrogen) atoms. The number of amides is 4. The average Bonchev–Trinajstić information content (AvgIpc) is 4.23. The van der Waals surface area contributed by atoms with Crippen LogP contribution in [0.15, 0.2) is 37.4 Å². The molecule has 462 valence electrons. The van der Waals surface area contributed by atoms with Gasteiger partial charge >= 0.3 is 23.9 Å². The van der Waals surface area contributed by atoms with E-state index in [2.05, 4.69) is 28.6 Å². The van der Waals surface area contributed by atoms with Crippen molar-refractivity contribution in [2.75, 3.05) is 39.4 Å². The van der Waals surface area contributed by atoms with Crippen molar-refractivity contribution in [2.24, 2.45) is 80.5 Å². The van der Waals surface area contributed by atoms with E-state index in [1.807, 2.05) is 83.8 Å². The number of carboxylic acids is 1. The summed E-state index contributed by atoms with van der Waals surface area (Å²) in [6.07, 6.45) is 17.8. The van der Waals surface area contributed by atoms with Crippen molar-refractivity contribution < 1.29 is 58.0 Å². The Morgan fingerprint density at radius 2 is 1.09 bits per heavy atom. The number of hydrogen-bond donors (Lipinski definition) is 4. The zero-order chi connectivity index (χ0) is 61.3. The maximum absolute atomic E-state index is 14.3. The molecule has 3 aliphatic rings. The summed E-state index contributed by atoms with van der Waals surface area (Å²) in [4.78, 5) is 115. The molecule has 5 heterocycles. The molecule has 0 bridgehead atoms. The second-order valence-electron chi connectivity index (χ2n) is 24.0. The number of esters is 3. The van der Waals surface area contributed by atoms with Gasteiger partial charge in [0.25, 0.3) is 0 Å². The van der Waals surface area contributed by atoms with E-state index >= 15 is 0 Å². The van der Waals surface area contributed by atoms with Gasteiger partial charge < -0.3 is 40.3 Å². The molecule has 4 amide bonds. The van der Waals surface area contributed by atoms with Gasteiger partial charge in [0, 0.05) is 57.6 Å². The van der Waals surface area contributed by atoms with E-state index in [1.54, 1.807) is 52.7 Å². The highest BCUT2D eigenvalue weighted by Crippen LogP contribution is 2.53. The number of ether oxygens (including phenoxy) is 2. The summed E-state index contributed by atoms with van der Waals surface area (Å²) < 4.78 is 13.6. The van der Waals surface area contributed by atoms with Crippen LogP contribution >= 0.6 is 0 Å². The first-order valence-corrected chi connectivity index (χ1v) is 29.0. The number of likely N-dealkylation sites (tertiary alicyclic amines) is 2. The van der Waals surface area contributed by atoms with Crippen molar-refractivity contribution in [3.05, 3.63) is 44.4 Å². The number of aliphatic hydroxyl groups excluding tert-OH is 1. The lowest BCUT2D eigenvalue weighted by atomic mass is 9.60. The maximum Gasteiger partial charge on any atom is 0.362 e. The highest BCUT2D eigenvalue weighted by molar-refractivity contribution is 6.07. The van der Waals surface area contributed by atoms with Gasteiger partial charge in [-0.05, 0) is 93.5 Å². The van der Waals surface area contributed by atoms with Gasteiger partial charge in [-0.25, -0.2) is 14.8 Å². The summed E-state index contributed by atoms with van der Waals surface area (Å²) in [6.45, 7) is 35.8. The van der Waals surface area contributed by atoms with Crippen molar-refractivity contribution in [3.63, 3.8) is 0 Å². The first kappa shape index (κ1) is 75.5. The lowest BCUT2D eigenvalue weighted by Gasteiger charge is -2.41. The van der Waals surface area contributed by atoms with Gasteiger partial charge in [-0.15, -0.1) is 0 Å². The molecule has 20 heteroatoms. The number of carboxylic acid groups (broad SMARTS) is 1. The number of hydrogen-bond acceptors (Lipinski definition) is 15. The molecule has 6 N–H and O–H groups in total. The second-order valence-corrected chi connectivity index (χ2v) is 24.0. The summed E-state index contributed by atoms with van der Waals surface area (Å²) in [5.41, 5.74) is 7.72. The molecule has 20 nitrogen and oxygen atoms in total. The van der Waals surface area contributed by atoms with Crippen LogP contribution in [0.5, 0.6) is 0 Å². The quantitative estimate of drug-likeness (QED) is 0.0297. The average molecular weight is 1140 g/mol. The maximum atomic E-state index is 14.3. The van der Waals surface area contributed by atoms with Crippen molar-refractivity contribution in [1.82, 2.24) is 28.9 Å². The molecule has 8 atom stereocenters. The fraction of sp³-hybridized carbons (Fsp3) is 0.754. The number of nitrogens with zero attached hydrogens (tertiary/aromatic N) is 6. The molecule has 0 radical (unpaired) electrons. The van der Waals surface area contributed by atoms with E-state index < -0.39 is 81.5 Å². The first-order valence-electron chi connectivity index (χ1n) is 29.0. The summed E-state index contributed by atoms with van der Waals surface area (Å²) in [7, 11) is 0. The number of imidazole rings is 2. The Kier molecular flexibility index (Phi) is 33.1. The largest absolute Gasteiger partial charge is 0.481 e. The van der Waals surface area contributed by atoms with Gasteiger partial charge in [0.15, 0.2) is 0 Å². The Morgan fingerprint density at radius 3 is 1.46 bits per heavy atom. The fourth-order valence-corrected chi connectivity index (χ4v) is 11.1. The Hall–Kier alpha value is -5.47. The van der Waals surface area contributed by atoms with Crippen LogP contribution in [0.25, 0.3) is 0 Å². The van der Waals surface area contributed by atoms with Gasteiger partial charge in [0.2, 0.25) is 29.5 Å². The zero-order valence-electron chi connectivity index (χ0n) is 51.3. The molecule has 0 aromatic carbocycles. The fourth-order valence-electron chi connectivity index (χ4n) is 11.1. The number of cyclic esters (lactones) is 2. The number of imide groups is 2. The van der Waals surface area contributed by atoms with Gasteiger partial charge in [0.05, 0.1) is 61.7 Å². The SMILES string of the molecule is C.CCCCN.CCCCN1C(=O)C(CC(C)(C)C(C(=O)O)C(C)C(=O)OCC)C(C(C)(C)CC2C(=O)N(CCCn3ccnc3)C(=O)C2C(C)(C)CC)C1=O.CCO.NCCCn1ccnc1.[CH2+]C1C(=O)OC(=O)C1C(C)(C)CC. The predicted molar refractivity (Wildman–Crippen MR) is 314 cm³/mol. The number of rotatable bonds is 26. The van der Waals surface area contributed by atoms with E-state index in [9.17, 15) is 43.5 Å². The van der Waals surface area contributed by atoms with Gasteiger partial charge in [-0.3, -0.25) is 43.4 Å². The Morgan fingerprint density at radius 1 is 0.654 bits per heavy atom. The third-order valence-electron chi connectivity index (χ3n) is 16.1. The molecule has 2 aromatic rings. The first-order chi connectivity index (χ1) is 37.4. The number of aryl methyl sites for hydroxylation is 2. The topological polar surface area (TPSA) is 290 Å². The summed E-state index contributed by atoms with van der Waals surface area (Å²) in [6, 6.07) is 0. The number of carbonyl (C=O) groups is 8. The highest BCUT2D eigenvalue weighted by Gasteiger charge is 2.60. The Balaban J connectivity index is 0.00000166. The number of nitrogens with two attached hydrogens (primary N) is 2. The predicted octanol–water partition coefficient (Wildman–Crippen LogP) is 8.63. The molecule has 8 unspecified atom stereocenters. The van der Waals surface area contributed by atoms with E-state index in [0.29, 0.717) is 25.8 Å². The van der Waals surface area contributed by atoms with Crippen LogP contribution in [0.1, 0.15) is 175 Å². The lowest BCUT2D eigenvalue weighted by molar-refractivity contribution is -0.162. The van der Waals surface area contributed by atoms with E-state index in [1.165, 1.54) is 29.6 Å². The number of aromatic nitrogens is 4. The molecule has 0 spiro atoms. The van der Waals surface area contributed by atoms with Crippen molar-refractivity contribution >= 4 is 47.5 Å². The molecule has 3 fully saturated rings. The molecule has 5 rings (SSSR count). The summed E-state index contributed by atoms with van der Waals surface area (Å²) in [5, 5.41) is 17.9. The van der Waals surface area contributed by atoms with Crippen molar-refractivity contribution in [1.29, 1.82) is 0 Å². The number of carbonyl (C=O) groups excluding carboxylic acids is 7. The number of unbranched alkanes of at least 4 members (excludes halogenated alkanes) is 2. The number of aliphatic carboxylic acids is 1. The summed E-state index contributed by atoms with van der Waals surface area (Å²) in [5.74, 6) is -10.0.